The Kier molecular flexibility index (Phi) is 6.62. The van der Waals surface area contributed by atoms with Gasteiger partial charge in [-0.15, -0.1) is 0 Å². The van der Waals surface area contributed by atoms with E-state index in [1.807, 2.05) is 6.92 Å². The van der Waals surface area contributed by atoms with Crippen LogP contribution in [0.15, 0.2) is 11.2 Å². The Labute approximate surface area is 103 Å². The highest BCUT2D eigenvalue weighted by Gasteiger charge is 2.22. The van der Waals surface area contributed by atoms with Crippen LogP contribution in [-0.4, -0.2) is 17.6 Å². The monoisotopic (exact) mass is 242 g/mol. The maximum Gasteiger partial charge on any atom is 0.173 e. The third-order valence-corrected chi connectivity index (χ3v) is 3.75. The second-order valence-corrected chi connectivity index (χ2v) is 5.59. The summed E-state index contributed by atoms with van der Waals surface area (Å²) in [5.74, 6) is 0.183. The highest BCUT2D eigenvalue weighted by molar-refractivity contribution is 8.04. The maximum atomic E-state index is 11.2. The predicted octanol–water partition coefficient (Wildman–Crippen LogP) is 3.91. The van der Waals surface area contributed by atoms with Gasteiger partial charge in [-0.1, -0.05) is 50.8 Å². The second kappa shape index (κ2) is 7.77. The van der Waals surface area contributed by atoms with Crippen LogP contribution >= 0.6 is 11.8 Å². The van der Waals surface area contributed by atoms with Gasteiger partial charge in [0, 0.05) is 6.08 Å². The lowest BCUT2D eigenvalue weighted by Crippen LogP contribution is -2.02. The van der Waals surface area contributed by atoms with Gasteiger partial charge in [0.05, 0.1) is 11.9 Å². The summed E-state index contributed by atoms with van der Waals surface area (Å²) in [6.45, 7) is 4.90. The van der Waals surface area contributed by atoms with Crippen molar-refractivity contribution < 1.29 is 9.53 Å². The van der Waals surface area contributed by atoms with E-state index in [1.165, 1.54) is 43.9 Å². The molecule has 0 radical (unpaired) electrons. The SMILES string of the molecule is CCCCCCCCOC1=CC(=O)C(C)S1. The van der Waals surface area contributed by atoms with Crippen molar-refractivity contribution >= 4 is 17.5 Å². The summed E-state index contributed by atoms with van der Waals surface area (Å²) in [7, 11) is 0. The normalized spacial score (nSPS) is 20.0. The topological polar surface area (TPSA) is 26.3 Å². The lowest BCUT2D eigenvalue weighted by atomic mass is 10.1. The summed E-state index contributed by atoms with van der Waals surface area (Å²) in [4.78, 5) is 11.2. The standard InChI is InChI=1S/C13H22O2S/c1-3-4-5-6-7-8-9-15-13-10-12(14)11(2)16-13/h10-11H,3-9H2,1-2H3. The Morgan fingerprint density at radius 1 is 1.25 bits per heavy atom. The number of ketones is 1. The quantitative estimate of drug-likeness (QED) is 0.604. The van der Waals surface area contributed by atoms with Gasteiger partial charge in [0.25, 0.3) is 0 Å². The van der Waals surface area contributed by atoms with Crippen LogP contribution in [0.3, 0.4) is 0 Å². The van der Waals surface area contributed by atoms with Crippen molar-refractivity contribution in [3.05, 3.63) is 11.2 Å². The number of carbonyl (C=O) groups is 1. The Hall–Kier alpha value is -0.440. The van der Waals surface area contributed by atoms with Crippen molar-refractivity contribution in [1.29, 1.82) is 0 Å². The number of hydrogen-bond donors (Lipinski definition) is 0. The van der Waals surface area contributed by atoms with Gasteiger partial charge in [-0.2, -0.15) is 0 Å². The van der Waals surface area contributed by atoms with Crippen molar-refractivity contribution in [3.8, 4) is 0 Å². The fourth-order valence-corrected chi connectivity index (χ4v) is 2.50. The van der Waals surface area contributed by atoms with Crippen molar-refractivity contribution in [1.82, 2.24) is 0 Å². The largest absolute Gasteiger partial charge is 0.487 e. The third kappa shape index (κ3) is 5.06. The van der Waals surface area contributed by atoms with E-state index in [-0.39, 0.29) is 11.0 Å². The fraction of sp³-hybridized carbons (Fsp3) is 0.769. The first kappa shape index (κ1) is 13.6. The highest BCUT2D eigenvalue weighted by Crippen LogP contribution is 2.30. The second-order valence-electron chi connectivity index (χ2n) is 4.24. The summed E-state index contributed by atoms with van der Waals surface area (Å²) in [6, 6.07) is 0. The zero-order chi connectivity index (χ0) is 11.8. The molecule has 1 heterocycles. The van der Waals surface area contributed by atoms with Gasteiger partial charge >= 0.3 is 0 Å². The van der Waals surface area contributed by atoms with Crippen LogP contribution in [0.1, 0.15) is 52.4 Å². The third-order valence-electron chi connectivity index (χ3n) is 2.70. The van der Waals surface area contributed by atoms with Crippen molar-refractivity contribution in [3.63, 3.8) is 0 Å². The number of rotatable bonds is 8. The molecule has 0 aromatic rings. The first-order valence-corrected chi connectivity index (χ1v) is 7.17. The molecule has 0 aliphatic carbocycles. The van der Waals surface area contributed by atoms with E-state index in [9.17, 15) is 4.79 Å². The van der Waals surface area contributed by atoms with Crippen LogP contribution in [0, 0.1) is 0 Å². The Balaban J connectivity index is 1.96. The minimum absolute atomic E-state index is 0.0551. The first-order chi connectivity index (χ1) is 7.74. The van der Waals surface area contributed by atoms with Crippen molar-refractivity contribution in [2.45, 2.75) is 57.6 Å². The van der Waals surface area contributed by atoms with Crippen LogP contribution in [-0.2, 0) is 9.53 Å². The van der Waals surface area contributed by atoms with Gasteiger partial charge in [0.2, 0.25) is 0 Å². The molecule has 16 heavy (non-hydrogen) atoms. The average molecular weight is 242 g/mol. The molecule has 0 fully saturated rings. The van der Waals surface area contributed by atoms with Crippen LogP contribution in [0.2, 0.25) is 0 Å². The number of thioether (sulfide) groups is 1. The molecule has 0 aromatic carbocycles. The molecule has 1 rings (SSSR count). The molecule has 0 amide bonds. The summed E-state index contributed by atoms with van der Waals surface area (Å²) in [6.07, 6.45) is 9.24. The van der Waals surface area contributed by atoms with Gasteiger partial charge in [-0.05, 0) is 13.3 Å². The molecule has 1 aliphatic rings. The number of ether oxygens (including phenoxy) is 1. The lowest BCUT2D eigenvalue weighted by molar-refractivity contribution is -0.113. The number of carbonyl (C=O) groups excluding carboxylic acids is 1. The number of allylic oxidation sites excluding steroid dienone is 1. The van der Waals surface area contributed by atoms with E-state index >= 15 is 0 Å². The molecule has 0 N–H and O–H groups in total. The molecule has 92 valence electrons. The number of hydrogen-bond acceptors (Lipinski definition) is 3. The minimum Gasteiger partial charge on any atom is -0.487 e. The lowest BCUT2D eigenvalue weighted by Gasteiger charge is -2.06. The van der Waals surface area contributed by atoms with E-state index in [2.05, 4.69) is 6.92 Å². The summed E-state index contributed by atoms with van der Waals surface area (Å²) in [5, 5.41) is 0.866. The Bertz CT molecular complexity index is 248. The number of unbranched alkanes of at least 4 members (excludes halogenated alkanes) is 5. The molecule has 1 atom stereocenters. The zero-order valence-corrected chi connectivity index (χ0v) is 11.1. The average Bonchev–Trinajstić information content (AvgIpc) is 2.57. The Morgan fingerprint density at radius 3 is 2.56 bits per heavy atom. The van der Waals surface area contributed by atoms with E-state index in [0.717, 1.165) is 18.1 Å². The van der Waals surface area contributed by atoms with Gasteiger partial charge < -0.3 is 4.74 Å². The molecule has 0 spiro atoms. The van der Waals surface area contributed by atoms with Crippen LogP contribution in [0.25, 0.3) is 0 Å². The first-order valence-electron chi connectivity index (χ1n) is 6.29. The van der Waals surface area contributed by atoms with E-state index < -0.39 is 0 Å². The van der Waals surface area contributed by atoms with Gasteiger partial charge in [0.15, 0.2) is 10.9 Å². The minimum atomic E-state index is 0.0551. The zero-order valence-electron chi connectivity index (χ0n) is 10.3. The van der Waals surface area contributed by atoms with Gasteiger partial charge in [-0.3, -0.25) is 4.79 Å². The highest BCUT2D eigenvalue weighted by atomic mass is 32.2. The molecular formula is C13H22O2S. The molecule has 0 saturated heterocycles. The van der Waals surface area contributed by atoms with Crippen LogP contribution < -0.4 is 0 Å². The predicted molar refractivity (Wildman–Crippen MR) is 69.5 cm³/mol. The van der Waals surface area contributed by atoms with Crippen LogP contribution in [0.4, 0.5) is 0 Å². The Morgan fingerprint density at radius 2 is 1.94 bits per heavy atom. The molecule has 1 unspecified atom stereocenters. The van der Waals surface area contributed by atoms with E-state index in [4.69, 9.17) is 4.74 Å². The molecular weight excluding hydrogens is 220 g/mol. The smallest absolute Gasteiger partial charge is 0.173 e. The molecule has 3 heteroatoms. The fourth-order valence-electron chi connectivity index (χ4n) is 1.63. The van der Waals surface area contributed by atoms with Crippen LogP contribution in [0.5, 0.6) is 0 Å². The van der Waals surface area contributed by atoms with Gasteiger partial charge in [0.1, 0.15) is 0 Å². The summed E-state index contributed by atoms with van der Waals surface area (Å²) >= 11 is 1.53. The van der Waals surface area contributed by atoms with Gasteiger partial charge in [-0.25, -0.2) is 0 Å². The molecule has 1 aliphatic heterocycles. The summed E-state index contributed by atoms with van der Waals surface area (Å²) < 4.78 is 5.55. The van der Waals surface area contributed by atoms with Crippen molar-refractivity contribution in [2.24, 2.45) is 0 Å². The molecule has 0 aromatic heterocycles. The maximum absolute atomic E-state index is 11.2. The molecule has 0 bridgehead atoms. The van der Waals surface area contributed by atoms with E-state index in [1.54, 1.807) is 6.08 Å². The molecule has 0 saturated carbocycles. The molecule has 2 nitrogen and oxygen atoms in total. The summed E-state index contributed by atoms with van der Waals surface area (Å²) in [5.41, 5.74) is 0. The van der Waals surface area contributed by atoms with E-state index in [0.29, 0.717) is 0 Å². The van der Waals surface area contributed by atoms with Crippen molar-refractivity contribution in [2.75, 3.05) is 6.61 Å².